The second kappa shape index (κ2) is 7.90. The van der Waals surface area contributed by atoms with E-state index in [9.17, 15) is 13.2 Å². The molecule has 1 aromatic carbocycles. The van der Waals surface area contributed by atoms with Crippen LogP contribution in [0, 0.1) is 5.92 Å². The number of hydrogen-bond donors (Lipinski definition) is 2. The highest BCUT2D eigenvalue weighted by Crippen LogP contribution is 2.17. The van der Waals surface area contributed by atoms with Gasteiger partial charge in [0.1, 0.15) is 0 Å². The Balaban J connectivity index is 1.88. The smallest absolute Gasteiger partial charge is 0.239 e. The standard InChI is InChI=1S/C16H25N3O3S/c1-23(21,22)18-11-14-8-5-9-19(12-14)16(20)15(17)10-13-6-3-2-4-7-13/h2-4,6-7,14-15,18H,5,8-12,17H2,1H3. The van der Waals surface area contributed by atoms with Gasteiger partial charge in [0.25, 0.3) is 0 Å². The summed E-state index contributed by atoms with van der Waals surface area (Å²) in [6, 6.07) is 9.16. The van der Waals surface area contributed by atoms with Crippen molar-refractivity contribution in [1.82, 2.24) is 9.62 Å². The van der Waals surface area contributed by atoms with E-state index in [-0.39, 0.29) is 11.8 Å². The van der Waals surface area contributed by atoms with Gasteiger partial charge in [0.15, 0.2) is 0 Å². The first-order valence-electron chi connectivity index (χ1n) is 7.88. The van der Waals surface area contributed by atoms with Gasteiger partial charge in [-0.1, -0.05) is 30.3 Å². The Labute approximate surface area is 138 Å². The van der Waals surface area contributed by atoms with Crippen molar-refractivity contribution in [2.24, 2.45) is 11.7 Å². The van der Waals surface area contributed by atoms with E-state index in [1.165, 1.54) is 0 Å². The van der Waals surface area contributed by atoms with Gasteiger partial charge in [0, 0.05) is 19.6 Å². The number of piperidine rings is 1. The number of carbonyl (C=O) groups excluding carboxylic acids is 1. The first-order chi connectivity index (χ1) is 10.8. The number of sulfonamides is 1. The number of amides is 1. The van der Waals surface area contributed by atoms with Gasteiger partial charge in [-0.2, -0.15) is 0 Å². The highest BCUT2D eigenvalue weighted by Gasteiger charge is 2.27. The minimum Gasteiger partial charge on any atom is -0.341 e. The molecule has 0 spiro atoms. The van der Waals surface area contributed by atoms with Crippen LogP contribution >= 0.6 is 0 Å². The molecule has 1 aliphatic heterocycles. The summed E-state index contributed by atoms with van der Waals surface area (Å²) >= 11 is 0. The van der Waals surface area contributed by atoms with Crippen LogP contribution < -0.4 is 10.5 Å². The zero-order valence-electron chi connectivity index (χ0n) is 13.4. The Morgan fingerprint density at radius 1 is 1.39 bits per heavy atom. The van der Waals surface area contributed by atoms with Gasteiger partial charge in [0.2, 0.25) is 15.9 Å². The number of hydrogen-bond acceptors (Lipinski definition) is 4. The molecule has 128 valence electrons. The van der Waals surface area contributed by atoms with Crippen molar-refractivity contribution in [3.63, 3.8) is 0 Å². The van der Waals surface area contributed by atoms with Gasteiger partial charge < -0.3 is 10.6 Å². The Kier molecular flexibility index (Phi) is 6.15. The summed E-state index contributed by atoms with van der Waals surface area (Å²) in [6.45, 7) is 1.62. The number of rotatable bonds is 6. The van der Waals surface area contributed by atoms with E-state index in [0.717, 1.165) is 24.7 Å². The summed E-state index contributed by atoms with van der Waals surface area (Å²) in [5, 5.41) is 0. The zero-order valence-corrected chi connectivity index (χ0v) is 14.3. The summed E-state index contributed by atoms with van der Waals surface area (Å²) in [6.07, 6.45) is 3.46. The molecule has 7 heteroatoms. The van der Waals surface area contributed by atoms with Crippen molar-refractivity contribution >= 4 is 15.9 Å². The maximum atomic E-state index is 12.5. The second-order valence-electron chi connectivity index (χ2n) is 6.21. The normalized spacial score (nSPS) is 20.3. The molecule has 23 heavy (non-hydrogen) atoms. The molecule has 0 aromatic heterocycles. The SMILES string of the molecule is CS(=O)(=O)NCC1CCCN(C(=O)C(N)Cc2ccccc2)C1. The number of benzene rings is 1. The monoisotopic (exact) mass is 339 g/mol. The fourth-order valence-electron chi connectivity index (χ4n) is 2.89. The van der Waals surface area contributed by atoms with Crippen molar-refractivity contribution in [2.75, 3.05) is 25.9 Å². The summed E-state index contributed by atoms with van der Waals surface area (Å²) < 4.78 is 24.9. The Hall–Kier alpha value is -1.44. The largest absolute Gasteiger partial charge is 0.341 e. The topological polar surface area (TPSA) is 92.5 Å². The summed E-state index contributed by atoms with van der Waals surface area (Å²) in [5.74, 6) is 0.0873. The van der Waals surface area contributed by atoms with E-state index in [1.54, 1.807) is 4.90 Å². The van der Waals surface area contributed by atoms with Gasteiger partial charge in [0.05, 0.1) is 12.3 Å². The van der Waals surface area contributed by atoms with E-state index in [4.69, 9.17) is 5.73 Å². The molecule has 2 atom stereocenters. The third kappa shape index (κ3) is 5.93. The molecule has 1 aromatic rings. The van der Waals surface area contributed by atoms with Gasteiger partial charge >= 0.3 is 0 Å². The lowest BCUT2D eigenvalue weighted by molar-refractivity contribution is -0.134. The molecule has 2 rings (SSSR count). The highest BCUT2D eigenvalue weighted by molar-refractivity contribution is 7.88. The first-order valence-corrected chi connectivity index (χ1v) is 9.77. The third-order valence-electron chi connectivity index (χ3n) is 4.08. The third-order valence-corrected chi connectivity index (χ3v) is 4.77. The summed E-state index contributed by atoms with van der Waals surface area (Å²) in [4.78, 5) is 14.3. The maximum Gasteiger partial charge on any atom is 0.239 e. The Bertz CT molecular complexity index is 619. The van der Waals surface area contributed by atoms with Crippen molar-refractivity contribution in [3.05, 3.63) is 35.9 Å². The van der Waals surface area contributed by atoms with Gasteiger partial charge in [-0.05, 0) is 30.7 Å². The lowest BCUT2D eigenvalue weighted by Crippen LogP contribution is -2.50. The van der Waals surface area contributed by atoms with Crippen LogP contribution in [0.15, 0.2) is 30.3 Å². The molecule has 1 saturated heterocycles. The predicted molar refractivity (Wildman–Crippen MR) is 90.3 cm³/mol. The highest BCUT2D eigenvalue weighted by atomic mass is 32.2. The molecule has 1 amide bonds. The van der Waals surface area contributed by atoms with Crippen LogP contribution in [0.5, 0.6) is 0 Å². The van der Waals surface area contributed by atoms with Crippen LogP contribution in [0.3, 0.4) is 0 Å². The lowest BCUT2D eigenvalue weighted by atomic mass is 9.97. The van der Waals surface area contributed by atoms with Crippen LogP contribution in [0.2, 0.25) is 0 Å². The average Bonchev–Trinajstić information content (AvgIpc) is 2.53. The number of nitrogens with zero attached hydrogens (tertiary/aromatic N) is 1. The maximum absolute atomic E-state index is 12.5. The van der Waals surface area contributed by atoms with Crippen LogP contribution in [0.25, 0.3) is 0 Å². The first kappa shape index (κ1) is 17.9. The molecule has 3 N–H and O–H groups in total. The predicted octanol–water partition coefficient (Wildman–Crippen LogP) is 0.344. The van der Waals surface area contributed by atoms with Crippen molar-refractivity contribution < 1.29 is 13.2 Å². The van der Waals surface area contributed by atoms with E-state index >= 15 is 0 Å². The van der Waals surface area contributed by atoms with E-state index < -0.39 is 16.1 Å². The average molecular weight is 339 g/mol. The van der Waals surface area contributed by atoms with E-state index in [0.29, 0.717) is 26.1 Å². The molecular formula is C16H25N3O3S. The molecule has 1 aliphatic rings. The molecule has 0 saturated carbocycles. The molecule has 0 radical (unpaired) electrons. The number of carbonyl (C=O) groups is 1. The van der Waals surface area contributed by atoms with Crippen LogP contribution in [-0.2, 0) is 21.2 Å². The number of nitrogens with one attached hydrogen (secondary N) is 1. The Morgan fingerprint density at radius 2 is 2.09 bits per heavy atom. The van der Waals surface area contributed by atoms with E-state index in [1.807, 2.05) is 30.3 Å². The molecule has 1 fully saturated rings. The summed E-state index contributed by atoms with van der Waals surface area (Å²) in [7, 11) is -3.20. The van der Waals surface area contributed by atoms with Gasteiger partial charge in [-0.3, -0.25) is 4.79 Å². The van der Waals surface area contributed by atoms with Crippen LogP contribution in [-0.4, -0.2) is 51.2 Å². The minimum atomic E-state index is -3.20. The van der Waals surface area contributed by atoms with Crippen molar-refractivity contribution in [2.45, 2.75) is 25.3 Å². The van der Waals surface area contributed by atoms with Gasteiger partial charge in [-0.15, -0.1) is 0 Å². The molecule has 1 heterocycles. The van der Waals surface area contributed by atoms with E-state index in [2.05, 4.69) is 4.72 Å². The molecule has 0 bridgehead atoms. The van der Waals surface area contributed by atoms with Crippen molar-refractivity contribution in [3.8, 4) is 0 Å². The van der Waals surface area contributed by atoms with Crippen LogP contribution in [0.4, 0.5) is 0 Å². The molecular weight excluding hydrogens is 314 g/mol. The molecule has 0 aliphatic carbocycles. The fourth-order valence-corrected chi connectivity index (χ4v) is 3.43. The van der Waals surface area contributed by atoms with Crippen LogP contribution in [0.1, 0.15) is 18.4 Å². The minimum absolute atomic E-state index is 0.0575. The van der Waals surface area contributed by atoms with Gasteiger partial charge in [-0.25, -0.2) is 13.1 Å². The van der Waals surface area contributed by atoms with Crippen molar-refractivity contribution in [1.29, 1.82) is 0 Å². The lowest BCUT2D eigenvalue weighted by Gasteiger charge is -2.34. The molecule has 2 unspecified atom stereocenters. The summed E-state index contributed by atoms with van der Waals surface area (Å²) in [5.41, 5.74) is 7.11. The zero-order chi connectivity index (χ0) is 16.9. The number of nitrogens with two attached hydrogens (primary N) is 1. The number of likely N-dealkylation sites (tertiary alicyclic amines) is 1. The quantitative estimate of drug-likeness (QED) is 0.782. The second-order valence-corrected chi connectivity index (χ2v) is 8.04. The fraction of sp³-hybridized carbons (Fsp3) is 0.562. The molecule has 6 nitrogen and oxygen atoms in total. The Morgan fingerprint density at radius 3 is 2.74 bits per heavy atom.